The average molecular weight is 318 g/mol. The third kappa shape index (κ3) is 6.62. The maximum atomic E-state index is 12.5. The number of aromatic nitrogens is 2. The molecule has 1 atom stereocenters. The van der Waals surface area contributed by atoms with Crippen molar-refractivity contribution in [2.45, 2.75) is 39.2 Å². The second kappa shape index (κ2) is 7.30. The van der Waals surface area contributed by atoms with Gasteiger partial charge in [-0.3, -0.25) is 10.00 Å². The van der Waals surface area contributed by atoms with E-state index in [0.717, 1.165) is 24.0 Å². The molecular formula is C10H17BF3KN3O2. The van der Waals surface area contributed by atoms with Crippen LogP contribution in [-0.4, -0.2) is 79.8 Å². The van der Waals surface area contributed by atoms with Crippen molar-refractivity contribution in [1.82, 2.24) is 9.78 Å². The molecule has 5 nitrogen and oxygen atoms in total. The standard InChI is InChI=1S/C10H16BF3N3O2.K/c1-7(11(12,13)14)17-6-8(5-15-17)16-9(18)19-10(2,3)4;/h5-7H,1-4H3,(H,16,18);/q-1;/p+1. The quantitative estimate of drug-likeness (QED) is 0.872. The van der Waals surface area contributed by atoms with Gasteiger partial charge in [-0.15, -0.1) is 0 Å². The Bertz CT molecular complexity index is 465. The van der Waals surface area contributed by atoms with Crippen molar-refractivity contribution in [3.8, 4) is 0 Å². The molecule has 0 saturated carbocycles. The van der Waals surface area contributed by atoms with E-state index in [-0.39, 0.29) is 58.5 Å². The number of rotatable bonds is 3. The van der Waals surface area contributed by atoms with Crippen molar-refractivity contribution in [2.24, 2.45) is 0 Å². The van der Waals surface area contributed by atoms with Crippen LogP contribution in [0.2, 0.25) is 0 Å². The molecule has 0 saturated heterocycles. The summed E-state index contributed by atoms with van der Waals surface area (Å²) in [5, 5.41) is 5.89. The van der Waals surface area contributed by atoms with Crippen molar-refractivity contribution in [1.29, 1.82) is 0 Å². The molecule has 0 aliphatic rings. The fraction of sp³-hybridized carbons (Fsp3) is 0.600. The number of halogens is 3. The maximum Gasteiger partial charge on any atom is 1.00 e. The van der Waals surface area contributed by atoms with Gasteiger partial charge in [-0.25, -0.2) is 4.79 Å². The Kier molecular flexibility index (Phi) is 7.29. The van der Waals surface area contributed by atoms with Gasteiger partial charge in [0.05, 0.1) is 11.9 Å². The summed E-state index contributed by atoms with van der Waals surface area (Å²) in [6.45, 7) is 1.03. The van der Waals surface area contributed by atoms with Crippen molar-refractivity contribution >= 4 is 70.1 Å². The topological polar surface area (TPSA) is 56.2 Å². The molecule has 0 spiro atoms. The molecule has 1 unspecified atom stereocenters. The molecule has 0 fully saturated rings. The van der Waals surface area contributed by atoms with Crippen LogP contribution in [0.15, 0.2) is 12.4 Å². The van der Waals surface area contributed by atoms with Crippen LogP contribution in [-0.2, 0) is 4.74 Å². The monoisotopic (exact) mass is 318 g/mol. The Labute approximate surface area is 159 Å². The van der Waals surface area contributed by atoms with E-state index in [0.29, 0.717) is 0 Å². The number of amides is 1. The molecule has 1 heterocycles. The van der Waals surface area contributed by atoms with E-state index in [2.05, 4.69) is 10.4 Å². The minimum atomic E-state index is -5.03. The largest absolute Gasteiger partial charge is 1.00 e. The Morgan fingerprint density at radius 3 is 2.50 bits per heavy atom. The van der Waals surface area contributed by atoms with E-state index in [1.54, 1.807) is 20.8 Å². The number of hydrogen-bond acceptors (Lipinski definition) is 3. The van der Waals surface area contributed by atoms with Crippen LogP contribution >= 0.6 is 0 Å². The smallest absolute Gasteiger partial charge is 0.448 e. The number of anilines is 1. The van der Waals surface area contributed by atoms with Gasteiger partial charge in [0.25, 0.3) is 0 Å². The van der Waals surface area contributed by atoms with Crippen molar-refractivity contribution in [3.63, 3.8) is 0 Å². The summed E-state index contributed by atoms with van der Waals surface area (Å²) in [6, 6.07) is 0. The molecule has 0 aliphatic carbocycles. The molecule has 1 N–H and O–H groups in total. The molecule has 109 valence electrons. The summed E-state index contributed by atoms with van der Waals surface area (Å²) in [5.41, 5.74) is -0.524. The van der Waals surface area contributed by atoms with Gasteiger partial charge < -0.3 is 17.7 Å². The van der Waals surface area contributed by atoms with Crippen LogP contribution in [0, 0.1) is 0 Å². The first kappa shape index (κ1) is 20.0. The number of carbonyl (C=O) groups excluding carboxylic acids is 1. The molecule has 10 heteroatoms. The van der Waals surface area contributed by atoms with Crippen LogP contribution in [0.3, 0.4) is 0 Å². The van der Waals surface area contributed by atoms with E-state index in [9.17, 15) is 17.7 Å². The third-order valence-corrected chi connectivity index (χ3v) is 2.21. The molecule has 0 aromatic carbocycles. The molecule has 0 bridgehead atoms. The number of nitrogens with zero attached hydrogens (tertiary/aromatic N) is 2. The van der Waals surface area contributed by atoms with E-state index in [4.69, 9.17) is 4.74 Å². The number of hydrogen-bond donors (Lipinski definition) is 1. The van der Waals surface area contributed by atoms with Crippen LogP contribution in [0.25, 0.3) is 0 Å². The summed E-state index contributed by atoms with van der Waals surface area (Å²) in [7, 11) is 0. The number of ether oxygens (including phenoxy) is 1. The normalized spacial score (nSPS) is 13.3. The first-order valence-electron chi connectivity index (χ1n) is 5.73. The van der Waals surface area contributed by atoms with Crippen LogP contribution in [0.1, 0.15) is 35.1 Å². The molecule has 1 aromatic rings. The summed E-state index contributed by atoms with van der Waals surface area (Å²) < 4.78 is 43.3. The molecule has 1 amide bonds. The van der Waals surface area contributed by atoms with Gasteiger partial charge >= 0.3 is 14.5 Å². The molecule has 20 heavy (non-hydrogen) atoms. The Morgan fingerprint density at radius 1 is 1.50 bits per heavy atom. The first-order chi connectivity index (χ1) is 8.49. The van der Waals surface area contributed by atoms with E-state index in [1.165, 1.54) is 0 Å². The Balaban J connectivity index is 0. The zero-order valence-corrected chi connectivity index (χ0v) is 15.3. The summed E-state index contributed by atoms with van der Waals surface area (Å²) >= 11 is 0. The van der Waals surface area contributed by atoms with Gasteiger partial charge in [0.15, 0.2) is 0 Å². The summed E-state index contributed by atoms with van der Waals surface area (Å²) in [4.78, 5) is 11.4. The van der Waals surface area contributed by atoms with Gasteiger partial charge in [0.2, 0.25) is 0 Å². The zero-order chi connectivity index (χ0) is 14.8. The SMILES string of the molecule is CC(n1cc(NC(=O)OC(C)(C)C)cn1)[B-](F)(F)F.[H+].[K]. The fourth-order valence-electron chi connectivity index (χ4n) is 1.22. The average Bonchev–Trinajstić information content (AvgIpc) is 2.60. The van der Waals surface area contributed by atoms with Crippen molar-refractivity contribution < 1.29 is 23.9 Å². The van der Waals surface area contributed by atoms with Gasteiger partial charge in [0.1, 0.15) is 5.60 Å². The summed E-state index contributed by atoms with van der Waals surface area (Å²) in [5.74, 6) is -1.70. The second-order valence-corrected chi connectivity index (χ2v) is 5.20. The van der Waals surface area contributed by atoms with Gasteiger partial charge in [0, 0.05) is 63.5 Å². The van der Waals surface area contributed by atoms with Gasteiger partial charge in [-0.1, -0.05) is 6.92 Å². The minimum Gasteiger partial charge on any atom is -0.448 e. The van der Waals surface area contributed by atoms with Crippen molar-refractivity contribution in [3.05, 3.63) is 12.4 Å². The van der Waals surface area contributed by atoms with Crippen molar-refractivity contribution in [2.75, 3.05) is 5.32 Å². The zero-order valence-electron chi connectivity index (χ0n) is 13.2. The number of carbonyl (C=O) groups is 1. The summed E-state index contributed by atoms with van der Waals surface area (Å²) in [6.07, 6.45) is 1.52. The fourth-order valence-corrected chi connectivity index (χ4v) is 1.22. The molecule has 1 radical (unpaired) electrons. The maximum absolute atomic E-state index is 12.5. The molecule has 0 aliphatic heterocycles. The molecular weight excluding hydrogens is 301 g/mol. The Hall–Kier alpha value is -0.0287. The van der Waals surface area contributed by atoms with Crippen LogP contribution in [0.5, 0.6) is 0 Å². The first-order valence-corrected chi connectivity index (χ1v) is 5.73. The van der Waals surface area contributed by atoms with E-state index in [1.807, 2.05) is 0 Å². The van der Waals surface area contributed by atoms with Gasteiger partial charge in [-0.05, 0) is 20.8 Å². The molecule has 1 aromatic heterocycles. The number of nitrogens with one attached hydrogen (secondary N) is 1. The predicted octanol–water partition coefficient (Wildman–Crippen LogP) is 2.91. The van der Waals surface area contributed by atoms with Gasteiger partial charge in [-0.2, -0.15) is 5.10 Å². The predicted molar refractivity (Wildman–Crippen MR) is 72.7 cm³/mol. The third-order valence-electron chi connectivity index (χ3n) is 2.21. The minimum absolute atomic E-state index is 0. The molecule has 1 rings (SSSR count). The van der Waals surface area contributed by atoms with Crippen LogP contribution in [0.4, 0.5) is 23.4 Å². The van der Waals surface area contributed by atoms with Crippen LogP contribution < -0.4 is 5.32 Å². The Morgan fingerprint density at radius 2 is 2.05 bits per heavy atom. The second-order valence-electron chi connectivity index (χ2n) is 5.20. The van der Waals surface area contributed by atoms with E-state index >= 15 is 0 Å². The van der Waals surface area contributed by atoms with E-state index < -0.39 is 24.6 Å².